The smallest absolute Gasteiger partial charge is 0.296 e. The van der Waals surface area contributed by atoms with Crippen molar-refractivity contribution in [3.63, 3.8) is 0 Å². The van der Waals surface area contributed by atoms with E-state index in [0.29, 0.717) is 0 Å². The van der Waals surface area contributed by atoms with E-state index in [1.807, 2.05) is 6.92 Å². The van der Waals surface area contributed by atoms with Gasteiger partial charge in [0.15, 0.2) is 0 Å². The molecule has 24 heavy (non-hydrogen) atoms. The van der Waals surface area contributed by atoms with Crippen LogP contribution in [0.5, 0.6) is 0 Å². The lowest BCUT2D eigenvalue weighted by Gasteiger charge is -2.06. The SMILES string of the molecule is CCCCCOCCCCCCCOS(=O)(=O)c1ccc(C)cc1. The molecule has 138 valence electrons. The van der Waals surface area contributed by atoms with Crippen LogP contribution in [-0.4, -0.2) is 28.2 Å². The molecule has 0 fully saturated rings. The van der Waals surface area contributed by atoms with Crippen LogP contribution in [0.2, 0.25) is 0 Å². The monoisotopic (exact) mass is 356 g/mol. The Morgan fingerprint density at radius 1 is 0.792 bits per heavy atom. The first-order chi connectivity index (χ1) is 11.6. The molecular weight excluding hydrogens is 324 g/mol. The van der Waals surface area contributed by atoms with E-state index < -0.39 is 10.1 Å². The van der Waals surface area contributed by atoms with E-state index in [1.165, 1.54) is 12.8 Å². The van der Waals surface area contributed by atoms with Crippen LogP contribution in [0.4, 0.5) is 0 Å². The molecule has 1 aromatic carbocycles. The van der Waals surface area contributed by atoms with Crippen LogP contribution in [0.1, 0.15) is 63.9 Å². The van der Waals surface area contributed by atoms with Gasteiger partial charge in [-0.2, -0.15) is 8.42 Å². The molecule has 0 aromatic heterocycles. The summed E-state index contributed by atoms with van der Waals surface area (Å²) >= 11 is 0. The zero-order valence-electron chi connectivity index (χ0n) is 15.1. The second-order valence-electron chi connectivity index (χ2n) is 6.18. The molecule has 0 aliphatic heterocycles. The van der Waals surface area contributed by atoms with Gasteiger partial charge < -0.3 is 4.74 Å². The van der Waals surface area contributed by atoms with Crippen molar-refractivity contribution in [2.45, 2.75) is 70.1 Å². The minimum atomic E-state index is -3.61. The van der Waals surface area contributed by atoms with Gasteiger partial charge in [0.1, 0.15) is 0 Å². The lowest BCUT2D eigenvalue weighted by atomic mass is 10.1. The number of benzene rings is 1. The highest BCUT2D eigenvalue weighted by Crippen LogP contribution is 2.14. The van der Waals surface area contributed by atoms with E-state index in [-0.39, 0.29) is 11.5 Å². The maximum absolute atomic E-state index is 12.0. The van der Waals surface area contributed by atoms with Crippen molar-refractivity contribution in [3.8, 4) is 0 Å². The van der Waals surface area contributed by atoms with Crippen molar-refractivity contribution in [2.75, 3.05) is 19.8 Å². The second-order valence-corrected chi connectivity index (χ2v) is 7.79. The molecule has 0 N–H and O–H groups in total. The molecule has 5 heteroatoms. The first-order valence-corrected chi connectivity index (χ1v) is 10.5. The third-order valence-corrected chi connectivity index (χ3v) is 5.20. The van der Waals surface area contributed by atoms with Gasteiger partial charge in [-0.05, 0) is 38.3 Å². The molecule has 0 radical (unpaired) electrons. The number of ether oxygens (including phenoxy) is 1. The standard InChI is InChI=1S/C19H32O4S/c1-3-4-8-15-22-16-9-6-5-7-10-17-23-24(20,21)19-13-11-18(2)12-14-19/h11-14H,3-10,15-17H2,1-2H3. The molecule has 0 spiro atoms. The lowest BCUT2D eigenvalue weighted by molar-refractivity contribution is 0.126. The Balaban J connectivity index is 2.01. The molecule has 0 bridgehead atoms. The van der Waals surface area contributed by atoms with Crippen LogP contribution in [0, 0.1) is 6.92 Å². The molecule has 0 aliphatic carbocycles. The van der Waals surface area contributed by atoms with E-state index >= 15 is 0 Å². The summed E-state index contributed by atoms with van der Waals surface area (Å²) in [5.41, 5.74) is 1.03. The lowest BCUT2D eigenvalue weighted by Crippen LogP contribution is -2.07. The van der Waals surface area contributed by atoms with Crippen LogP contribution in [0.3, 0.4) is 0 Å². The van der Waals surface area contributed by atoms with E-state index in [4.69, 9.17) is 8.92 Å². The van der Waals surface area contributed by atoms with Crippen molar-refractivity contribution in [1.82, 2.24) is 0 Å². The summed E-state index contributed by atoms with van der Waals surface area (Å²) in [6.07, 6.45) is 8.67. The van der Waals surface area contributed by atoms with Crippen LogP contribution in [0.25, 0.3) is 0 Å². The Morgan fingerprint density at radius 3 is 1.96 bits per heavy atom. The first-order valence-electron chi connectivity index (χ1n) is 9.10. The Bertz CT molecular complexity index is 523. The summed E-state index contributed by atoms with van der Waals surface area (Å²) in [5.74, 6) is 0. The minimum absolute atomic E-state index is 0.230. The summed E-state index contributed by atoms with van der Waals surface area (Å²) in [6, 6.07) is 6.73. The molecule has 0 saturated heterocycles. The zero-order chi connectivity index (χ0) is 17.7. The molecule has 1 aromatic rings. The Labute approximate surface area is 147 Å². The van der Waals surface area contributed by atoms with E-state index in [0.717, 1.165) is 57.3 Å². The van der Waals surface area contributed by atoms with Crippen molar-refractivity contribution in [2.24, 2.45) is 0 Å². The highest BCUT2D eigenvalue weighted by atomic mass is 32.2. The molecule has 0 unspecified atom stereocenters. The van der Waals surface area contributed by atoms with Gasteiger partial charge in [0.05, 0.1) is 11.5 Å². The molecular formula is C19H32O4S. The summed E-state index contributed by atoms with van der Waals surface area (Å²) in [5, 5.41) is 0. The van der Waals surface area contributed by atoms with Crippen LogP contribution in [0.15, 0.2) is 29.2 Å². The van der Waals surface area contributed by atoms with Gasteiger partial charge in [0, 0.05) is 13.2 Å². The maximum atomic E-state index is 12.0. The Hall–Kier alpha value is -0.910. The number of rotatable bonds is 14. The normalized spacial score (nSPS) is 11.8. The van der Waals surface area contributed by atoms with Gasteiger partial charge in [0.25, 0.3) is 10.1 Å². The molecule has 0 atom stereocenters. The van der Waals surface area contributed by atoms with Crippen LogP contribution in [-0.2, 0) is 19.0 Å². The average Bonchev–Trinajstić information content (AvgIpc) is 2.56. The van der Waals surface area contributed by atoms with E-state index in [9.17, 15) is 8.42 Å². The van der Waals surface area contributed by atoms with Crippen molar-refractivity contribution in [3.05, 3.63) is 29.8 Å². The third-order valence-electron chi connectivity index (χ3n) is 3.87. The van der Waals surface area contributed by atoms with Crippen molar-refractivity contribution in [1.29, 1.82) is 0 Å². The highest BCUT2D eigenvalue weighted by molar-refractivity contribution is 7.86. The van der Waals surface area contributed by atoms with Gasteiger partial charge in [0.2, 0.25) is 0 Å². The number of hydrogen-bond acceptors (Lipinski definition) is 4. The Morgan fingerprint density at radius 2 is 1.33 bits per heavy atom. The van der Waals surface area contributed by atoms with Gasteiger partial charge in [-0.1, -0.05) is 56.7 Å². The van der Waals surface area contributed by atoms with Crippen LogP contribution >= 0.6 is 0 Å². The van der Waals surface area contributed by atoms with Crippen molar-refractivity contribution < 1.29 is 17.3 Å². The molecule has 0 heterocycles. The predicted molar refractivity (Wildman–Crippen MR) is 97.7 cm³/mol. The summed E-state index contributed by atoms with van der Waals surface area (Å²) < 4.78 is 34.6. The topological polar surface area (TPSA) is 52.6 Å². The molecule has 0 aliphatic rings. The zero-order valence-corrected chi connectivity index (χ0v) is 15.9. The quantitative estimate of drug-likeness (QED) is 0.353. The highest BCUT2D eigenvalue weighted by Gasteiger charge is 2.14. The summed E-state index contributed by atoms with van der Waals surface area (Å²) in [6.45, 7) is 6.08. The molecule has 1 rings (SSSR count). The summed E-state index contributed by atoms with van der Waals surface area (Å²) in [7, 11) is -3.61. The minimum Gasteiger partial charge on any atom is -0.381 e. The van der Waals surface area contributed by atoms with Gasteiger partial charge in [-0.15, -0.1) is 0 Å². The maximum Gasteiger partial charge on any atom is 0.296 e. The molecule has 4 nitrogen and oxygen atoms in total. The van der Waals surface area contributed by atoms with E-state index in [1.54, 1.807) is 24.3 Å². The van der Waals surface area contributed by atoms with E-state index in [2.05, 4.69) is 6.92 Å². The van der Waals surface area contributed by atoms with Gasteiger partial charge in [-0.25, -0.2) is 0 Å². The third kappa shape index (κ3) is 9.40. The summed E-state index contributed by atoms with van der Waals surface area (Å²) in [4.78, 5) is 0.230. The number of aryl methyl sites for hydroxylation is 1. The van der Waals surface area contributed by atoms with Crippen molar-refractivity contribution >= 4 is 10.1 Å². The molecule has 0 amide bonds. The molecule has 0 saturated carbocycles. The predicted octanol–water partition coefficient (Wildman–Crippen LogP) is 4.86. The first kappa shape index (κ1) is 21.1. The van der Waals surface area contributed by atoms with Gasteiger partial charge >= 0.3 is 0 Å². The fourth-order valence-corrected chi connectivity index (χ4v) is 3.28. The fourth-order valence-electron chi connectivity index (χ4n) is 2.33. The average molecular weight is 357 g/mol. The van der Waals surface area contributed by atoms with Crippen LogP contribution < -0.4 is 0 Å². The second kappa shape index (κ2) is 12.5. The number of hydrogen-bond donors (Lipinski definition) is 0. The Kier molecular flexibility index (Phi) is 11.0. The largest absolute Gasteiger partial charge is 0.381 e. The van der Waals surface area contributed by atoms with Gasteiger partial charge in [-0.3, -0.25) is 4.18 Å². The fraction of sp³-hybridized carbons (Fsp3) is 0.684. The number of unbranched alkanes of at least 4 members (excludes halogenated alkanes) is 6.